The van der Waals surface area contributed by atoms with E-state index in [1.54, 1.807) is 17.7 Å². The first-order chi connectivity index (χ1) is 10.3. The fourth-order valence-electron chi connectivity index (χ4n) is 2.44. The van der Waals surface area contributed by atoms with Gasteiger partial charge in [-0.2, -0.15) is 10.1 Å². The molecule has 0 spiro atoms. The van der Waals surface area contributed by atoms with Gasteiger partial charge in [0.2, 0.25) is 5.95 Å². The average Bonchev–Trinajstić information content (AvgIpc) is 3.17. The Kier molecular flexibility index (Phi) is 3.12. The van der Waals surface area contributed by atoms with E-state index in [0.29, 0.717) is 0 Å². The molecule has 0 saturated heterocycles. The van der Waals surface area contributed by atoms with E-state index in [9.17, 15) is 0 Å². The van der Waals surface area contributed by atoms with Crippen molar-refractivity contribution >= 4 is 38.9 Å². The number of anilines is 1. The molecule has 6 heteroatoms. The molecule has 2 aromatic heterocycles. The Morgan fingerprint density at radius 3 is 3.00 bits per heavy atom. The lowest BCUT2D eigenvalue weighted by Crippen LogP contribution is -2.19. The molecule has 1 aromatic carbocycles. The molecule has 0 radical (unpaired) electrons. The Morgan fingerprint density at radius 2 is 2.19 bits per heavy atom. The second kappa shape index (κ2) is 5.13. The van der Waals surface area contributed by atoms with Crippen LogP contribution in [-0.4, -0.2) is 14.8 Å². The van der Waals surface area contributed by atoms with Crippen LogP contribution in [0.1, 0.15) is 16.5 Å². The molecule has 104 valence electrons. The summed E-state index contributed by atoms with van der Waals surface area (Å²) < 4.78 is 2.96. The van der Waals surface area contributed by atoms with Crippen molar-refractivity contribution in [2.24, 2.45) is 0 Å². The molecular formula is C15H11BrN4S. The van der Waals surface area contributed by atoms with Crippen LogP contribution in [0.4, 0.5) is 5.95 Å². The van der Waals surface area contributed by atoms with Crippen molar-refractivity contribution < 1.29 is 0 Å². The quantitative estimate of drug-likeness (QED) is 0.747. The molecular weight excluding hydrogens is 348 g/mol. The molecule has 1 aliphatic rings. The summed E-state index contributed by atoms with van der Waals surface area (Å²) in [7, 11) is 0. The fraction of sp³-hybridized carbons (Fsp3) is 0.0667. The molecule has 1 aliphatic heterocycles. The third-order valence-electron chi connectivity index (χ3n) is 3.38. The number of allylic oxidation sites excluding steroid dienone is 1. The lowest BCUT2D eigenvalue weighted by molar-refractivity contribution is 0.612. The Morgan fingerprint density at radius 1 is 1.24 bits per heavy atom. The maximum atomic E-state index is 4.35. The van der Waals surface area contributed by atoms with Gasteiger partial charge in [-0.3, -0.25) is 0 Å². The standard InChI is InChI=1S/C15H11BrN4S/c16-11-4-1-3-10(7-11)13-8-12(14-5-2-6-21-14)19-15-17-9-18-20(13)15/h1-9,13H,(H,17,18,19)/t13-/m1/s1. The maximum absolute atomic E-state index is 4.35. The number of hydrogen-bond acceptors (Lipinski definition) is 4. The predicted octanol–water partition coefficient (Wildman–Crippen LogP) is 4.16. The number of benzene rings is 1. The highest BCUT2D eigenvalue weighted by Gasteiger charge is 2.23. The second-order valence-electron chi connectivity index (χ2n) is 4.71. The molecule has 0 bridgehead atoms. The molecule has 0 fully saturated rings. The number of thiophene rings is 1. The van der Waals surface area contributed by atoms with E-state index in [1.807, 2.05) is 16.8 Å². The van der Waals surface area contributed by atoms with Gasteiger partial charge in [0.1, 0.15) is 12.4 Å². The minimum Gasteiger partial charge on any atom is -0.323 e. The first-order valence-electron chi connectivity index (χ1n) is 6.49. The summed E-state index contributed by atoms with van der Waals surface area (Å²) in [6.45, 7) is 0. The topological polar surface area (TPSA) is 42.7 Å². The van der Waals surface area contributed by atoms with Crippen LogP contribution in [0.2, 0.25) is 0 Å². The first-order valence-corrected chi connectivity index (χ1v) is 8.16. The summed E-state index contributed by atoms with van der Waals surface area (Å²) in [5.41, 5.74) is 2.25. The van der Waals surface area contributed by atoms with Gasteiger partial charge in [-0.15, -0.1) is 11.3 Å². The van der Waals surface area contributed by atoms with Crippen molar-refractivity contribution in [1.82, 2.24) is 14.8 Å². The SMILES string of the molecule is Brc1cccc([C@H]2C=C(c3cccs3)Nc3ncnn32)c1. The highest BCUT2D eigenvalue weighted by Crippen LogP contribution is 2.33. The van der Waals surface area contributed by atoms with Crippen LogP contribution in [0.5, 0.6) is 0 Å². The van der Waals surface area contributed by atoms with E-state index in [4.69, 9.17) is 0 Å². The predicted molar refractivity (Wildman–Crippen MR) is 88.2 cm³/mol. The number of hydrogen-bond donors (Lipinski definition) is 1. The molecule has 0 saturated carbocycles. The minimum absolute atomic E-state index is 0.0401. The van der Waals surface area contributed by atoms with E-state index >= 15 is 0 Å². The third kappa shape index (κ3) is 2.30. The molecule has 0 amide bonds. The summed E-state index contributed by atoms with van der Waals surface area (Å²) in [6.07, 6.45) is 3.77. The van der Waals surface area contributed by atoms with E-state index in [0.717, 1.165) is 16.1 Å². The zero-order valence-electron chi connectivity index (χ0n) is 10.9. The first kappa shape index (κ1) is 12.8. The van der Waals surface area contributed by atoms with Crippen LogP contribution in [0.25, 0.3) is 5.70 Å². The minimum atomic E-state index is 0.0401. The number of fused-ring (bicyclic) bond motifs is 1. The summed E-state index contributed by atoms with van der Waals surface area (Å²) >= 11 is 5.24. The zero-order valence-corrected chi connectivity index (χ0v) is 13.3. The van der Waals surface area contributed by atoms with Gasteiger partial charge >= 0.3 is 0 Å². The normalized spacial score (nSPS) is 17.0. The molecule has 4 nitrogen and oxygen atoms in total. The van der Waals surface area contributed by atoms with E-state index in [-0.39, 0.29) is 6.04 Å². The van der Waals surface area contributed by atoms with Gasteiger partial charge in [-0.25, -0.2) is 4.68 Å². The number of rotatable bonds is 2. The van der Waals surface area contributed by atoms with Crippen LogP contribution < -0.4 is 5.32 Å². The molecule has 21 heavy (non-hydrogen) atoms. The number of nitrogens with one attached hydrogen (secondary N) is 1. The molecule has 0 unspecified atom stereocenters. The van der Waals surface area contributed by atoms with Crippen LogP contribution in [0, 0.1) is 0 Å². The Hall–Kier alpha value is -1.92. The van der Waals surface area contributed by atoms with Crippen molar-refractivity contribution in [3.8, 4) is 0 Å². The van der Waals surface area contributed by atoms with Crippen molar-refractivity contribution in [3.63, 3.8) is 0 Å². The number of nitrogens with zero attached hydrogens (tertiary/aromatic N) is 3. The average molecular weight is 359 g/mol. The second-order valence-corrected chi connectivity index (χ2v) is 6.57. The Labute approximate surface area is 134 Å². The third-order valence-corrected chi connectivity index (χ3v) is 4.78. The molecule has 4 rings (SSSR count). The van der Waals surface area contributed by atoms with Gasteiger partial charge < -0.3 is 5.32 Å². The van der Waals surface area contributed by atoms with Crippen molar-refractivity contribution in [2.75, 3.05) is 5.32 Å². The Bertz CT molecular complexity index is 807. The fourth-order valence-corrected chi connectivity index (χ4v) is 3.56. The maximum Gasteiger partial charge on any atom is 0.226 e. The molecule has 0 aliphatic carbocycles. The van der Waals surface area contributed by atoms with Crippen LogP contribution in [-0.2, 0) is 0 Å². The summed E-state index contributed by atoms with van der Waals surface area (Å²) in [6, 6.07) is 12.5. The number of halogens is 1. The molecule has 3 heterocycles. The Balaban J connectivity index is 1.84. The largest absolute Gasteiger partial charge is 0.323 e. The van der Waals surface area contributed by atoms with Crippen LogP contribution in [0.15, 0.2) is 58.7 Å². The molecule has 1 atom stereocenters. The highest BCUT2D eigenvalue weighted by atomic mass is 79.9. The zero-order chi connectivity index (χ0) is 14.2. The number of aromatic nitrogens is 3. The summed E-state index contributed by atoms with van der Waals surface area (Å²) in [5, 5.41) is 9.76. The van der Waals surface area contributed by atoms with E-state index in [1.165, 1.54) is 10.4 Å². The monoisotopic (exact) mass is 358 g/mol. The van der Waals surface area contributed by atoms with Gasteiger partial charge in [0.25, 0.3) is 0 Å². The van der Waals surface area contributed by atoms with Crippen LogP contribution >= 0.6 is 27.3 Å². The van der Waals surface area contributed by atoms with Crippen molar-refractivity contribution in [1.29, 1.82) is 0 Å². The van der Waals surface area contributed by atoms with Gasteiger partial charge in [0.05, 0.1) is 10.6 Å². The summed E-state index contributed by atoms with van der Waals surface area (Å²) in [4.78, 5) is 5.51. The van der Waals surface area contributed by atoms with Crippen molar-refractivity contribution in [3.05, 3.63) is 69.1 Å². The molecule has 3 aromatic rings. The molecule has 1 N–H and O–H groups in total. The van der Waals surface area contributed by atoms with E-state index in [2.05, 4.69) is 67.1 Å². The highest BCUT2D eigenvalue weighted by molar-refractivity contribution is 9.10. The van der Waals surface area contributed by atoms with Gasteiger partial charge in [-0.1, -0.05) is 34.1 Å². The lowest BCUT2D eigenvalue weighted by atomic mass is 10.0. The van der Waals surface area contributed by atoms with Gasteiger partial charge in [-0.05, 0) is 35.2 Å². The van der Waals surface area contributed by atoms with E-state index < -0.39 is 0 Å². The lowest BCUT2D eigenvalue weighted by Gasteiger charge is -2.23. The smallest absolute Gasteiger partial charge is 0.226 e. The van der Waals surface area contributed by atoms with Gasteiger partial charge in [0.15, 0.2) is 0 Å². The van der Waals surface area contributed by atoms with Crippen LogP contribution in [0.3, 0.4) is 0 Å². The summed E-state index contributed by atoms with van der Waals surface area (Å²) in [5.74, 6) is 0.769. The van der Waals surface area contributed by atoms with Crippen molar-refractivity contribution in [2.45, 2.75) is 6.04 Å². The van der Waals surface area contributed by atoms with Gasteiger partial charge in [0, 0.05) is 4.47 Å².